The fourth-order valence-electron chi connectivity index (χ4n) is 3.21. The Morgan fingerprint density at radius 2 is 1.44 bits per heavy atom. The zero-order chi connectivity index (χ0) is 26.4. The standard InChI is InChI=1S/C22H41N5O7/c1-5-13(4)18(21(32)26-16(22(33)34)10-12(2)3)27-20(31)15(11-17(28)29)25-19(30)14(24)8-6-7-9-23/h12-16,18H,5-11,23-24H2,1-4H3,(H,25,30)(H,26,32)(H,27,31)(H,28,29)(H,33,34). The van der Waals surface area contributed by atoms with Gasteiger partial charge >= 0.3 is 11.9 Å². The van der Waals surface area contributed by atoms with E-state index in [4.69, 9.17) is 11.5 Å². The predicted octanol–water partition coefficient (Wildman–Crippen LogP) is -0.451. The quantitative estimate of drug-likeness (QED) is 0.132. The van der Waals surface area contributed by atoms with Crippen molar-refractivity contribution in [1.29, 1.82) is 0 Å². The first kappa shape index (κ1) is 31.3. The van der Waals surface area contributed by atoms with Gasteiger partial charge in [-0.25, -0.2) is 4.79 Å². The Morgan fingerprint density at radius 3 is 1.91 bits per heavy atom. The summed E-state index contributed by atoms with van der Waals surface area (Å²) in [5, 5.41) is 25.9. The highest BCUT2D eigenvalue weighted by Crippen LogP contribution is 2.11. The maximum Gasteiger partial charge on any atom is 0.326 e. The van der Waals surface area contributed by atoms with Crippen LogP contribution in [0.3, 0.4) is 0 Å². The molecule has 0 aliphatic heterocycles. The first-order valence-corrected chi connectivity index (χ1v) is 11.6. The molecule has 0 aromatic carbocycles. The number of amides is 3. The second kappa shape index (κ2) is 16.0. The van der Waals surface area contributed by atoms with E-state index in [0.29, 0.717) is 32.2 Å². The van der Waals surface area contributed by atoms with Crippen molar-refractivity contribution in [2.45, 2.75) is 90.4 Å². The van der Waals surface area contributed by atoms with Gasteiger partial charge in [-0.2, -0.15) is 0 Å². The van der Waals surface area contributed by atoms with Crippen LogP contribution in [0, 0.1) is 11.8 Å². The number of unbranched alkanes of at least 4 members (excludes halogenated alkanes) is 1. The minimum atomic E-state index is -1.46. The summed E-state index contributed by atoms with van der Waals surface area (Å²) in [5.41, 5.74) is 11.2. The number of hydrogen-bond acceptors (Lipinski definition) is 7. The molecule has 5 atom stereocenters. The smallest absolute Gasteiger partial charge is 0.326 e. The molecule has 0 aromatic rings. The number of hydrogen-bond donors (Lipinski definition) is 7. The molecule has 9 N–H and O–H groups in total. The van der Waals surface area contributed by atoms with Gasteiger partial charge in [0.15, 0.2) is 0 Å². The number of rotatable bonds is 17. The highest BCUT2D eigenvalue weighted by Gasteiger charge is 2.33. The van der Waals surface area contributed by atoms with Gasteiger partial charge in [0.25, 0.3) is 0 Å². The molecule has 0 fully saturated rings. The first-order valence-electron chi connectivity index (χ1n) is 11.6. The molecule has 34 heavy (non-hydrogen) atoms. The lowest BCUT2D eigenvalue weighted by atomic mass is 9.96. The van der Waals surface area contributed by atoms with Gasteiger partial charge in [0.1, 0.15) is 18.1 Å². The van der Waals surface area contributed by atoms with Crippen LogP contribution in [0.2, 0.25) is 0 Å². The van der Waals surface area contributed by atoms with Crippen molar-refractivity contribution < 1.29 is 34.2 Å². The molecule has 196 valence electrons. The van der Waals surface area contributed by atoms with Crippen molar-refractivity contribution in [3.8, 4) is 0 Å². The van der Waals surface area contributed by atoms with Crippen LogP contribution in [0.1, 0.15) is 66.2 Å². The van der Waals surface area contributed by atoms with E-state index in [9.17, 15) is 34.2 Å². The molecule has 12 nitrogen and oxygen atoms in total. The van der Waals surface area contributed by atoms with E-state index < -0.39 is 66.2 Å². The molecule has 0 aliphatic rings. The monoisotopic (exact) mass is 487 g/mol. The van der Waals surface area contributed by atoms with Gasteiger partial charge in [0.2, 0.25) is 17.7 Å². The fourth-order valence-corrected chi connectivity index (χ4v) is 3.21. The number of carbonyl (C=O) groups excluding carboxylic acids is 3. The summed E-state index contributed by atoms with van der Waals surface area (Å²) in [4.78, 5) is 61.0. The lowest BCUT2D eigenvalue weighted by Gasteiger charge is -2.28. The van der Waals surface area contributed by atoms with Crippen LogP contribution in [0.15, 0.2) is 0 Å². The third kappa shape index (κ3) is 11.9. The summed E-state index contributed by atoms with van der Waals surface area (Å²) in [6, 6.07) is -4.68. The van der Waals surface area contributed by atoms with Crippen LogP contribution in [-0.4, -0.2) is 70.6 Å². The minimum absolute atomic E-state index is 0.00209. The molecular weight excluding hydrogens is 446 g/mol. The topological polar surface area (TPSA) is 214 Å². The Balaban J connectivity index is 5.49. The summed E-state index contributed by atoms with van der Waals surface area (Å²) < 4.78 is 0. The van der Waals surface area contributed by atoms with Crippen LogP contribution in [-0.2, 0) is 24.0 Å². The minimum Gasteiger partial charge on any atom is -0.481 e. The molecule has 0 rings (SSSR count). The van der Waals surface area contributed by atoms with Crippen molar-refractivity contribution >= 4 is 29.7 Å². The van der Waals surface area contributed by atoms with Gasteiger partial charge in [0.05, 0.1) is 12.5 Å². The van der Waals surface area contributed by atoms with E-state index >= 15 is 0 Å². The third-order valence-corrected chi connectivity index (χ3v) is 5.43. The summed E-state index contributed by atoms with van der Waals surface area (Å²) in [7, 11) is 0. The van der Waals surface area contributed by atoms with Crippen molar-refractivity contribution in [2.75, 3.05) is 6.54 Å². The maximum atomic E-state index is 12.9. The molecule has 0 saturated heterocycles. The van der Waals surface area contributed by atoms with Crippen LogP contribution < -0.4 is 27.4 Å². The normalized spacial score (nSPS) is 15.5. The van der Waals surface area contributed by atoms with E-state index in [-0.39, 0.29) is 12.3 Å². The number of nitrogens with one attached hydrogen (secondary N) is 3. The number of carboxylic acid groups (broad SMARTS) is 2. The average Bonchev–Trinajstić information content (AvgIpc) is 2.74. The summed E-state index contributed by atoms with van der Waals surface area (Å²) in [6.07, 6.45) is 1.53. The molecule has 0 saturated carbocycles. The zero-order valence-electron chi connectivity index (χ0n) is 20.5. The number of carboxylic acids is 2. The van der Waals surface area contributed by atoms with Gasteiger partial charge in [0, 0.05) is 0 Å². The average molecular weight is 488 g/mol. The van der Waals surface area contributed by atoms with E-state index in [1.807, 2.05) is 13.8 Å². The molecule has 5 unspecified atom stereocenters. The number of aliphatic carboxylic acids is 2. The predicted molar refractivity (Wildman–Crippen MR) is 125 cm³/mol. The zero-order valence-corrected chi connectivity index (χ0v) is 20.5. The highest BCUT2D eigenvalue weighted by molar-refractivity contribution is 5.95. The number of nitrogens with two attached hydrogens (primary N) is 2. The van der Waals surface area contributed by atoms with E-state index in [1.54, 1.807) is 13.8 Å². The number of carbonyl (C=O) groups is 5. The molecule has 0 bridgehead atoms. The Labute approximate surface area is 200 Å². The SMILES string of the molecule is CCC(C)C(NC(=O)C(CC(=O)O)NC(=O)C(N)CCCCN)C(=O)NC(CC(C)C)C(=O)O. The molecule has 12 heteroatoms. The summed E-state index contributed by atoms with van der Waals surface area (Å²) in [6.45, 7) is 7.56. The second-order valence-corrected chi connectivity index (χ2v) is 8.95. The van der Waals surface area contributed by atoms with Crippen LogP contribution in [0.4, 0.5) is 0 Å². The van der Waals surface area contributed by atoms with Gasteiger partial charge in [-0.3, -0.25) is 19.2 Å². The van der Waals surface area contributed by atoms with E-state index in [2.05, 4.69) is 16.0 Å². The van der Waals surface area contributed by atoms with Crippen LogP contribution in [0.25, 0.3) is 0 Å². The highest BCUT2D eigenvalue weighted by atomic mass is 16.4. The molecule has 0 radical (unpaired) electrons. The van der Waals surface area contributed by atoms with Gasteiger partial charge in [-0.05, 0) is 37.6 Å². The van der Waals surface area contributed by atoms with E-state index in [0.717, 1.165) is 0 Å². The lowest BCUT2D eigenvalue weighted by Crippen LogP contribution is -2.59. The largest absolute Gasteiger partial charge is 0.481 e. The molecular formula is C22H41N5O7. The Kier molecular flexibility index (Phi) is 14.7. The van der Waals surface area contributed by atoms with E-state index in [1.165, 1.54) is 0 Å². The lowest BCUT2D eigenvalue weighted by molar-refractivity contribution is -0.144. The maximum absolute atomic E-state index is 12.9. The molecule has 0 aromatic heterocycles. The molecule has 0 spiro atoms. The van der Waals surface area contributed by atoms with Gasteiger partial charge < -0.3 is 37.6 Å². The van der Waals surface area contributed by atoms with Crippen molar-refractivity contribution in [3.63, 3.8) is 0 Å². The summed E-state index contributed by atoms with van der Waals surface area (Å²) >= 11 is 0. The third-order valence-electron chi connectivity index (χ3n) is 5.43. The van der Waals surface area contributed by atoms with Crippen LogP contribution in [0.5, 0.6) is 0 Å². The van der Waals surface area contributed by atoms with Gasteiger partial charge in [-0.1, -0.05) is 40.5 Å². The molecule has 0 heterocycles. The Morgan fingerprint density at radius 1 is 0.853 bits per heavy atom. The van der Waals surface area contributed by atoms with Crippen molar-refractivity contribution in [1.82, 2.24) is 16.0 Å². The van der Waals surface area contributed by atoms with Crippen molar-refractivity contribution in [3.05, 3.63) is 0 Å². The summed E-state index contributed by atoms with van der Waals surface area (Å²) in [5.74, 6) is -5.18. The van der Waals surface area contributed by atoms with Crippen LogP contribution >= 0.6 is 0 Å². The van der Waals surface area contributed by atoms with Crippen molar-refractivity contribution in [2.24, 2.45) is 23.3 Å². The Bertz CT molecular complexity index is 701. The fraction of sp³-hybridized carbons (Fsp3) is 0.773. The Hall–Kier alpha value is -2.73. The molecule has 0 aliphatic carbocycles. The van der Waals surface area contributed by atoms with Gasteiger partial charge in [-0.15, -0.1) is 0 Å². The second-order valence-electron chi connectivity index (χ2n) is 8.95. The first-order chi connectivity index (χ1) is 15.8. The molecule has 3 amide bonds.